The summed E-state index contributed by atoms with van der Waals surface area (Å²) in [6.45, 7) is 12.7. The van der Waals surface area contributed by atoms with E-state index in [1.165, 1.54) is 26.9 Å². The molecule has 2 heterocycles. The maximum Gasteiger partial charge on any atom is 0.414 e. The van der Waals surface area contributed by atoms with Crippen LogP contribution in [0.4, 0.5) is 21.0 Å². The van der Waals surface area contributed by atoms with Gasteiger partial charge in [-0.15, -0.1) is 0 Å². The minimum absolute atomic E-state index is 0.0173. The van der Waals surface area contributed by atoms with Crippen molar-refractivity contribution >= 4 is 46.8 Å². The molecule has 232 valence electrons. The first-order valence-electron chi connectivity index (χ1n) is 13.4. The fourth-order valence-electron chi connectivity index (χ4n) is 3.84. The van der Waals surface area contributed by atoms with Crippen molar-refractivity contribution in [2.24, 2.45) is 0 Å². The van der Waals surface area contributed by atoms with Crippen LogP contribution in [-0.4, -0.2) is 72.6 Å². The van der Waals surface area contributed by atoms with Gasteiger partial charge in [0, 0.05) is 30.9 Å². The summed E-state index contributed by atoms with van der Waals surface area (Å²) in [7, 11) is 0. The molecule has 0 saturated heterocycles. The molecule has 3 rings (SSSR count). The third kappa shape index (κ3) is 9.79. The molecule has 43 heavy (non-hydrogen) atoms. The lowest BCUT2D eigenvalue weighted by Gasteiger charge is -2.31. The largest absolute Gasteiger partial charge is 0.444 e. The van der Waals surface area contributed by atoms with Crippen LogP contribution in [0.25, 0.3) is 11.3 Å². The average molecular weight is 637 g/mol. The highest BCUT2D eigenvalue weighted by molar-refractivity contribution is 6.33. The number of carbonyl (C=O) groups excluding carboxylic acids is 2. The van der Waals surface area contributed by atoms with Crippen molar-refractivity contribution in [3.63, 3.8) is 0 Å². The summed E-state index contributed by atoms with van der Waals surface area (Å²) in [5.41, 5.74) is 0.570. The first-order chi connectivity index (χ1) is 19.9. The summed E-state index contributed by atoms with van der Waals surface area (Å²) in [6, 6.07) is 5.30. The van der Waals surface area contributed by atoms with E-state index in [1.807, 2.05) is 13.0 Å². The van der Waals surface area contributed by atoms with E-state index in [9.17, 15) is 19.7 Å². The number of carbonyl (C=O) groups is 2. The summed E-state index contributed by atoms with van der Waals surface area (Å²) in [5.74, 6) is 0. The summed E-state index contributed by atoms with van der Waals surface area (Å²) >= 11 is 12.4. The van der Waals surface area contributed by atoms with Gasteiger partial charge in [-0.1, -0.05) is 17.7 Å². The van der Waals surface area contributed by atoms with Gasteiger partial charge in [0.05, 0.1) is 28.4 Å². The minimum atomic E-state index is -0.800. The van der Waals surface area contributed by atoms with Crippen molar-refractivity contribution in [1.82, 2.24) is 24.6 Å². The highest BCUT2D eigenvalue weighted by Gasteiger charge is 2.28. The molecule has 0 radical (unpaired) electrons. The zero-order valence-corrected chi connectivity index (χ0v) is 26.6. The van der Waals surface area contributed by atoms with Crippen molar-refractivity contribution in [3.05, 3.63) is 62.8 Å². The van der Waals surface area contributed by atoms with Crippen LogP contribution < -0.4 is 4.90 Å². The number of nitrogens with zero attached hydrogens (tertiary/aromatic N) is 7. The predicted molar refractivity (Wildman–Crippen MR) is 162 cm³/mol. The number of benzene rings is 1. The van der Waals surface area contributed by atoms with Crippen LogP contribution >= 0.6 is 23.2 Å². The second kappa shape index (κ2) is 13.6. The maximum absolute atomic E-state index is 13.5. The molecule has 1 aromatic carbocycles. The van der Waals surface area contributed by atoms with Crippen LogP contribution in [0.1, 0.15) is 47.1 Å². The Morgan fingerprint density at radius 3 is 2.26 bits per heavy atom. The predicted octanol–water partition coefficient (Wildman–Crippen LogP) is 6.54. The number of aryl methyl sites for hydroxylation is 1. The van der Waals surface area contributed by atoms with E-state index in [1.54, 1.807) is 53.7 Å². The van der Waals surface area contributed by atoms with Gasteiger partial charge in [-0.25, -0.2) is 19.6 Å². The number of aromatic nitrogens is 4. The van der Waals surface area contributed by atoms with E-state index in [4.69, 9.17) is 32.7 Å². The molecule has 13 nitrogen and oxygen atoms in total. The van der Waals surface area contributed by atoms with E-state index in [0.717, 1.165) is 11.8 Å². The normalized spacial score (nSPS) is 11.7. The number of ether oxygens (including phenoxy) is 2. The van der Waals surface area contributed by atoms with Gasteiger partial charge in [0.15, 0.2) is 0 Å². The number of hydrogen-bond acceptors (Lipinski definition) is 9. The summed E-state index contributed by atoms with van der Waals surface area (Å²) in [4.78, 5) is 48.2. The Morgan fingerprint density at radius 1 is 1.00 bits per heavy atom. The molecule has 15 heteroatoms. The van der Waals surface area contributed by atoms with Gasteiger partial charge in [0.1, 0.15) is 23.6 Å². The Morgan fingerprint density at radius 2 is 1.65 bits per heavy atom. The summed E-state index contributed by atoms with van der Waals surface area (Å²) in [6.07, 6.45) is 2.55. The van der Waals surface area contributed by atoms with Crippen LogP contribution in [0.15, 0.2) is 36.8 Å². The van der Waals surface area contributed by atoms with Crippen molar-refractivity contribution in [1.29, 1.82) is 0 Å². The third-order valence-electron chi connectivity index (χ3n) is 5.79. The minimum Gasteiger partial charge on any atom is -0.444 e. The summed E-state index contributed by atoms with van der Waals surface area (Å²) < 4.78 is 12.7. The van der Waals surface area contributed by atoms with Crippen molar-refractivity contribution < 1.29 is 24.0 Å². The van der Waals surface area contributed by atoms with E-state index in [2.05, 4.69) is 15.1 Å². The van der Waals surface area contributed by atoms with Crippen molar-refractivity contribution in [3.8, 4) is 11.3 Å². The molecule has 0 N–H and O–H groups in total. The van der Waals surface area contributed by atoms with Crippen LogP contribution in [0.3, 0.4) is 0 Å². The molecule has 0 atom stereocenters. The lowest BCUT2D eigenvalue weighted by Crippen LogP contribution is -2.45. The number of nitro groups is 1. The second-order valence-corrected chi connectivity index (χ2v) is 12.4. The Hall–Kier alpha value is -3.97. The van der Waals surface area contributed by atoms with Gasteiger partial charge in [-0.05, 0) is 77.8 Å². The zero-order valence-electron chi connectivity index (χ0n) is 25.1. The molecule has 0 aliphatic carbocycles. The van der Waals surface area contributed by atoms with E-state index >= 15 is 0 Å². The monoisotopic (exact) mass is 635 g/mol. The van der Waals surface area contributed by atoms with E-state index in [0.29, 0.717) is 16.9 Å². The summed E-state index contributed by atoms with van der Waals surface area (Å²) in [5, 5.41) is 15.4. The SMILES string of the molecule is Cc1ccc(N(CCN(CCn2cc([N+](=O)[O-])cn2)C(=O)OC(C)(C)C)C(=O)OC(C)(C)C)cc1-c1nc(Cl)ncc1Cl. The fourth-order valence-corrected chi connectivity index (χ4v) is 4.17. The topological polar surface area (TPSA) is 146 Å². The molecular formula is C28H35Cl2N7O6. The number of rotatable bonds is 9. The van der Waals surface area contributed by atoms with E-state index in [-0.39, 0.29) is 42.2 Å². The third-order valence-corrected chi connectivity index (χ3v) is 6.25. The molecule has 0 aliphatic rings. The molecule has 2 amide bonds. The van der Waals surface area contributed by atoms with Crippen LogP contribution in [0.2, 0.25) is 10.3 Å². The number of hydrogen-bond donors (Lipinski definition) is 0. The Bertz CT molecular complexity index is 1480. The Kier molecular flexibility index (Phi) is 10.6. The van der Waals surface area contributed by atoms with Crippen molar-refractivity contribution in [2.45, 2.75) is 66.2 Å². The van der Waals surface area contributed by atoms with Gasteiger partial charge in [0.25, 0.3) is 0 Å². The standard InChI is InChI=1S/C28H35Cl2N7O6/c1-18-8-9-19(14-21(18)23-22(29)16-31-24(30)33-23)36(26(39)43-28(5,6)7)13-11-34(25(38)42-27(2,3)4)10-12-35-17-20(15-32-35)37(40)41/h8-9,14-17H,10-13H2,1-7H3. The quantitative estimate of drug-likeness (QED) is 0.145. The molecule has 3 aromatic rings. The number of halogens is 2. The maximum atomic E-state index is 13.5. The highest BCUT2D eigenvalue weighted by atomic mass is 35.5. The van der Waals surface area contributed by atoms with E-state index < -0.39 is 28.3 Å². The fraction of sp³-hybridized carbons (Fsp3) is 0.464. The zero-order chi connectivity index (χ0) is 32.1. The molecule has 0 aliphatic heterocycles. The van der Waals surface area contributed by atoms with Gasteiger partial charge < -0.3 is 14.4 Å². The second-order valence-electron chi connectivity index (χ2n) is 11.7. The molecule has 0 saturated carbocycles. The smallest absolute Gasteiger partial charge is 0.414 e. The average Bonchev–Trinajstić information content (AvgIpc) is 3.35. The number of amides is 2. The van der Waals surface area contributed by atoms with Crippen molar-refractivity contribution in [2.75, 3.05) is 24.5 Å². The molecular weight excluding hydrogens is 601 g/mol. The van der Waals surface area contributed by atoms with Gasteiger partial charge in [-0.3, -0.25) is 19.7 Å². The molecule has 0 spiro atoms. The first-order valence-corrected chi connectivity index (χ1v) is 14.1. The number of anilines is 1. The van der Waals surface area contributed by atoms with Crippen LogP contribution in [0, 0.1) is 17.0 Å². The van der Waals surface area contributed by atoms with Gasteiger partial charge in [0.2, 0.25) is 5.28 Å². The highest BCUT2D eigenvalue weighted by Crippen LogP contribution is 2.32. The lowest BCUT2D eigenvalue weighted by molar-refractivity contribution is -0.385. The Balaban J connectivity index is 1.95. The van der Waals surface area contributed by atoms with Crippen LogP contribution in [0.5, 0.6) is 0 Å². The van der Waals surface area contributed by atoms with Crippen LogP contribution in [-0.2, 0) is 16.0 Å². The molecule has 2 aromatic heterocycles. The first kappa shape index (κ1) is 33.5. The van der Waals surface area contributed by atoms with Gasteiger partial charge in [-0.2, -0.15) is 5.10 Å². The molecule has 0 fully saturated rings. The molecule has 0 unspecified atom stereocenters. The Labute approximate surface area is 259 Å². The lowest BCUT2D eigenvalue weighted by atomic mass is 10.0. The molecule has 0 bridgehead atoms. The van der Waals surface area contributed by atoms with Gasteiger partial charge >= 0.3 is 17.9 Å².